The standard InChI is InChI=1S/C21H20BrN3O3S/c1-3-12-25-20(27)18(13-19(26)23-15-6-4-14(22)5-7-15)29-21(25)24-16-8-10-17(28-2)11-9-16/h3-11,18H,1,12-13H2,2H3,(H,23,26). The van der Waals surface area contributed by atoms with Gasteiger partial charge in [0.2, 0.25) is 11.8 Å². The van der Waals surface area contributed by atoms with Crippen LogP contribution in [0.2, 0.25) is 0 Å². The summed E-state index contributed by atoms with van der Waals surface area (Å²) < 4.78 is 6.08. The summed E-state index contributed by atoms with van der Waals surface area (Å²) in [6.07, 6.45) is 1.71. The van der Waals surface area contributed by atoms with Crippen LogP contribution in [0.25, 0.3) is 0 Å². The summed E-state index contributed by atoms with van der Waals surface area (Å²) in [6, 6.07) is 14.5. The van der Waals surface area contributed by atoms with E-state index >= 15 is 0 Å². The quantitative estimate of drug-likeness (QED) is 0.596. The molecule has 8 heteroatoms. The van der Waals surface area contributed by atoms with Gasteiger partial charge in [0.1, 0.15) is 11.0 Å². The van der Waals surface area contributed by atoms with Crippen LogP contribution >= 0.6 is 27.7 Å². The Morgan fingerprint density at radius 3 is 2.59 bits per heavy atom. The van der Waals surface area contributed by atoms with Crippen molar-refractivity contribution in [2.75, 3.05) is 19.0 Å². The Bertz CT molecular complexity index is 929. The van der Waals surface area contributed by atoms with Gasteiger partial charge in [0.05, 0.1) is 12.8 Å². The zero-order valence-electron chi connectivity index (χ0n) is 15.8. The van der Waals surface area contributed by atoms with E-state index in [9.17, 15) is 9.59 Å². The number of thioether (sulfide) groups is 1. The Hall–Kier alpha value is -2.58. The van der Waals surface area contributed by atoms with Crippen LogP contribution in [0.4, 0.5) is 11.4 Å². The van der Waals surface area contributed by atoms with Gasteiger partial charge in [-0.25, -0.2) is 4.99 Å². The van der Waals surface area contributed by atoms with Crippen LogP contribution in [0.3, 0.4) is 0 Å². The highest BCUT2D eigenvalue weighted by molar-refractivity contribution is 9.10. The molecule has 1 fully saturated rings. The number of nitrogens with zero attached hydrogens (tertiary/aromatic N) is 2. The number of halogens is 1. The minimum atomic E-state index is -0.526. The second-order valence-electron chi connectivity index (χ2n) is 6.20. The molecule has 29 heavy (non-hydrogen) atoms. The lowest BCUT2D eigenvalue weighted by atomic mass is 10.2. The lowest BCUT2D eigenvalue weighted by Gasteiger charge is -2.14. The number of hydrogen-bond acceptors (Lipinski definition) is 5. The number of nitrogens with one attached hydrogen (secondary N) is 1. The topological polar surface area (TPSA) is 71.0 Å². The zero-order valence-corrected chi connectivity index (χ0v) is 18.2. The average Bonchev–Trinajstić information content (AvgIpc) is 2.99. The Morgan fingerprint density at radius 1 is 1.28 bits per heavy atom. The van der Waals surface area contributed by atoms with Gasteiger partial charge in [-0.05, 0) is 48.5 Å². The molecule has 6 nitrogen and oxygen atoms in total. The van der Waals surface area contributed by atoms with Crippen molar-refractivity contribution >= 4 is 56.0 Å². The highest BCUT2D eigenvalue weighted by atomic mass is 79.9. The molecule has 1 saturated heterocycles. The fourth-order valence-corrected chi connectivity index (χ4v) is 4.13. The molecule has 1 N–H and O–H groups in total. The monoisotopic (exact) mass is 473 g/mol. The maximum absolute atomic E-state index is 12.8. The smallest absolute Gasteiger partial charge is 0.242 e. The van der Waals surface area contributed by atoms with Gasteiger partial charge in [-0.1, -0.05) is 33.8 Å². The third-order valence-electron chi connectivity index (χ3n) is 4.13. The molecule has 0 radical (unpaired) electrons. The van der Waals surface area contributed by atoms with Gasteiger partial charge >= 0.3 is 0 Å². The Balaban J connectivity index is 1.71. The van der Waals surface area contributed by atoms with Gasteiger partial charge < -0.3 is 10.1 Å². The van der Waals surface area contributed by atoms with Crippen LogP contribution in [0, 0.1) is 0 Å². The number of benzene rings is 2. The molecule has 0 aromatic heterocycles. The maximum Gasteiger partial charge on any atom is 0.242 e. The van der Waals surface area contributed by atoms with Crippen molar-refractivity contribution in [3.8, 4) is 5.75 Å². The summed E-state index contributed by atoms with van der Waals surface area (Å²) in [4.78, 5) is 31.4. The number of aliphatic imine (C=N–C) groups is 1. The van der Waals surface area contributed by atoms with E-state index < -0.39 is 5.25 Å². The first-order valence-electron chi connectivity index (χ1n) is 8.87. The van der Waals surface area contributed by atoms with E-state index in [4.69, 9.17) is 4.74 Å². The molecule has 2 aromatic rings. The number of anilines is 1. The summed E-state index contributed by atoms with van der Waals surface area (Å²) >= 11 is 4.65. The molecule has 150 valence electrons. The van der Waals surface area contributed by atoms with Crippen molar-refractivity contribution in [1.82, 2.24) is 4.90 Å². The summed E-state index contributed by atoms with van der Waals surface area (Å²) in [7, 11) is 1.60. The second-order valence-corrected chi connectivity index (χ2v) is 8.28. The van der Waals surface area contributed by atoms with E-state index in [-0.39, 0.29) is 18.2 Å². The summed E-state index contributed by atoms with van der Waals surface area (Å²) in [5, 5.41) is 2.85. The van der Waals surface area contributed by atoms with Crippen molar-refractivity contribution in [3.05, 3.63) is 65.7 Å². The van der Waals surface area contributed by atoms with Gasteiger partial charge in [-0.3, -0.25) is 14.5 Å². The minimum absolute atomic E-state index is 0.0643. The fraction of sp³-hybridized carbons (Fsp3) is 0.190. The molecule has 0 saturated carbocycles. The molecule has 1 atom stereocenters. The first kappa shape index (κ1) is 21.1. The van der Waals surface area contributed by atoms with Crippen molar-refractivity contribution < 1.29 is 14.3 Å². The van der Waals surface area contributed by atoms with Gasteiger partial charge in [0.25, 0.3) is 0 Å². The van der Waals surface area contributed by atoms with Crippen molar-refractivity contribution in [1.29, 1.82) is 0 Å². The van der Waals surface area contributed by atoms with Gasteiger partial charge in [-0.2, -0.15) is 0 Å². The van der Waals surface area contributed by atoms with E-state index in [1.54, 1.807) is 30.2 Å². The molecule has 1 unspecified atom stereocenters. The summed E-state index contributed by atoms with van der Waals surface area (Å²) in [5.41, 5.74) is 1.39. The third kappa shape index (κ3) is 5.48. The number of methoxy groups -OCH3 is 1. The highest BCUT2D eigenvalue weighted by Gasteiger charge is 2.38. The van der Waals surface area contributed by atoms with Crippen LogP contribution in [-0.2, 0) is 9.59 Å². The largest absolute Gasteiger partial charge is 0.497 e. The number of amides is 2. The number of carbonyl (C=O) groups excluding carboxylic acids is 2. The van der Waals surface area contributed by atoms with Crippen LogP contribution in [-0.4, -0.2) is 40.8 Å². The Kier molecular flexibility index (Phi) is 7.11. The lowest BCUT2D eigenvalue weighted by molar-refractivity contribution is -0.127. The molecule has 1 aliphatic rings. The average molecular weight is 474 g/mol. The highest BCUT2D eigenvalue weighted by Crippen LogP contribution is 2.32. The number of amidine groups is 1. The van der Waals surface area contributed by atoms with Crippen molar-refractivity contribution in [2.45, 2.75) is 11.7 Å². The first-order chi connectivity index (χ1) is 14.0. The number of hydrogen-bond donors (Lipinski definition) is 1. The predicted molar refractivity (Wildman–Crippen MR) is 121 cm³/mol. The van der Waals surface area contributed by atoms with Gasteiger partial charge in [0, 0.05) is 23.1 Å². The van der Waals surface area contributed by atoms with Crippen LogP contribution in [0.15, 0.2) is 70.7 Å². The lowest BCUT2D eigenvalue weighted by Crippen LogP contribution is -2.33. The molecule has 1 heterocycles. The normalized spacial score (nSPS) is 17.4. The molecular weight excluding hydrogens is 454 g/mol. The molecule has 0 spiro atoms. The van der Waals surface area contributed by atoms with Crippen LogP contribution in [0.1, 0.15) is 6.42 Å². The molecule has 1 aliphatic heterocycles. The van der Waals surface area contributed by atoms with Gasteiger partial charge in [-0.15, -0.1) is 6.58 Å². The third-order valence-corrected chi connectivity index (χ3v) is 5.83. The fourth-order valence-electron chi connectivity index (χ4n) is 2.70. The van der Waals surface area contributed by atoms with E-state index in [1.807, 2.05) is 36.4 Å². The Morgan fingerprint density at radius 2 is 1.97 bits per heavy atom. The second kappa shape index (κ2) is 9.76. The number of rotatable bonds is 7. The maximum atomic E-state index is 12.8. The minimum Gasteiger partial charge on any atom is -0.497 e. The molecule has 0 aliphatic carbocycles. The van der Waals surface area contributed by atoms with E-state index in [0.29, 0.717) is 23.1 Å². The zero-order chi connectivity index (χ0) is 20.8. The van der Waals surface area contributed by atoms with Gasteiger partial charge in [0.15, 0.2) is 5.17 Å². The number of carbonyl (C=O) groups is 2. The van der Waals surface area contributed by atoms with Crippen molar-refractivity contribution in [2.24, 2.45) is 4.99 Å². The molecule has 2 amide bonds. The van der Waals surface area contributed by atoms with Crippen LogP contribution < -0.4 is 10.1 Å². The van der Waals surface area contributed by atoms with E-state index in [1.165, 1.54) is 11.8 Å². The van der Waals surface area contributed by atoms with E-state index in [0.717, 1.165) is 10.2 Å². The predicted octanol–water partition coefficient (Wildman–Crippen LogP) is 4.60. The SMILES string of the molecule is C=CCN1C(=O)C(CC(=O)Nc2ccc(Br)cc2)SC1=Nc1ccc(OC)cc1. The molecular formula is C21H20BrN3O3S. The molecule has 0 bridgehead atoms. The van der Waals surface area contributed by atoms with Crippen molar-refractivity contribution in [3.63, 3.8) is 0 Å². The molecule has 2 aromatic carbocycles. The van der Waals surface area contributed by atoms with E-state index in [2.05, 4.69) is 32.8 Å². The number of ether oxygens (including phenoxy) is 1. The Labute approximate surface area is 182 Å². The molecule has 3 rings (SSSR count). The first-order valence-corrected chi connectivity index (χ1v) is 10.5. The summed E-state index contributed by atoms with van der Waals surface area (Å²) in [5.74, 6) is 0.366. The van der Waals surface area contributed by atoms with Crippen LogP contribution in [0.5, 0.6) is 5.75 Å². The summed E-state index contributed by atoms with van der Waals surface area (Å²) in [6.45, 7) is 4.05.